The molecule has 0 aromatic heterocycles. The van der Waals surface area contributed by atoms with Gasteiger partial charge >= 0.3 is 0 Å². The molecule has 65 heavy (non-hydrogen) atoms. The third kappa shape index (κ3) is 34.8. The topological polar surface area (TPSA) is 149 Å². The lowest BCUT2D eigenvalue weighted by Crippen LogP contribution is -2.60. The molecule has 0 radical (unpaired) electrons. The van der Waals surface area contributed by atoms with E-state index >= 15 is 0 Å². The summed E-state index contributed by atoms with van der Waals surface area (Å²) in [5, 5.41) is 54.4. The number of ether oxygens (including phenoxy) is 2. The fourth-order valence-electron chi connectivity index (χ4n) is 7.34. The number of hydrogen-bond donors (Lipinski definition) is 6. The number of allylic oxidation sites excluding steroid dienone is 18. The Labute approximate surface area is 396 Å². The van der Waals surface area contributed by atoms with Crippen molar-refractivity contribution < 1.29 is 39.8 Å². The van der Waals surface area contributed by atoms with Gasteiger partial charge in [-0.15, -0.1) is 0 Å². The molecule has 370 valence electrons. The Balaban J connectivity index is 2.31. The zero-order valence-electron chi connectivity index (χ0n) is 40.7. The van der Waals surface area contributed by atoms with Crippen molar-refractivity contribution in [2.75, 3.05) is 13.2 Å². The third-order valence-electron chi connectivity index (χ3n) is 11.4. The first-order valence-corrected chi connectivity index (χ1v) is 25.6. The van der Waals surface area contributed by atoms with Crippen molar-refractivity contribution in [3.63, 3.8) is 0 Å². The van der Waals surface area contributed by atoms with Crippen molar-refractivity contribution >= 4 is 5.91 Å². The van der Waals surface area contributed by atoms with Gasteiger partial charge in [0, 0.05) is 6.42 Å². The molecular weight excluding hydrogens is 815 g/mol. The lowest BCUT2D eigenvalue weighted by atomic mass is 9.99. The molecule has 0 aromatic rings. The van der Waals surface area contributed by atoms with E-state index in [0.717, 1.165) is 83.5 Å². The Bertz CT molecular complexity index is 1380. The molecule has 7 atom stereocenters. The summed E-state index contributed by atoms with van der Waals surface area (Å²) in [5.74, 6) is -0.207. The lowest BCUT2D eigenvalue weighted by molar-refractivity contribution is -0.302. The van der Waals surface area contributed by atoms with Crippen LogP contribution in [0.25, 0.3) is 0 Å². The Morgan fingerprint density at radius 1 is 0.538 bits per heavy atom. The highest BCUT2D eigenvalue weighted by molar-refractivity contribution is 5.76. The second kappa shape index (κ2) is 44.7. The van der Waals surface area contributed by atoms with Crippen LogP contribution in [-0.2, 0) is 14.3 Å². The molecule has 1 amide bonds. The van der Waals surface area contributed by atoms with E-state index in [0.29, 0.717) is 12.8 Å². The molecule has 9 heteroatoms. The smallest absolute Gasteiger partial charge is 0.220 e. The van der Waals surface area contributed by atoms with Crippen molar-refractivity contribution in [3.05, 3.63) is 109 Å². The zero-order valence-corrected chi connectivity index (χ0v) is 40.7. The van der Waals surface area contributed by atoms with E-state index in [9.17, 15) is 30.3 Å². The number of carbonyl (C=O) groups excluding carboxylic acids is 1. The first-order chi connectivity index (χ1) is 31.8. The quantitative estimate of drug-likeness (QED) is 0.0262. The fraction of sp³-hybridized carbons (Fsp3) is 0.661. The summed E-state index contributed by atoms with van der Waals surface area (Å²) in [7, 11) is 0. The van der Waals surface area contributed by atoms with Crippen LogP contribution in [0.4, 0.5) is 0 Å². The van der Waals surface area contributed by atoms with Gasteiger partial charge in [0.1, 0.15) is 24.4 Å². The normalized spacial score (nSPS) is 20.9. The monoisotopic (exact) mass is 908 g/mol. The second-order valence-electron chi connectivity index (χ2n) is 17.2. The van der Waals surface area contributed by atoms with Crippen LogP contribution in [0.5, 0.6) is 0 Å². The van der Waals surface area contributed by atoms with Crippen molar-refractivity contribution in [2.24, 2.45) is 0 Å². The summed E-state index contributed by atoms with van der Waals surface area (Å²) in [6.45, 7) is 3.66. The largest absolute Gasteiger partial charge is 0.394 e. The molecule has 6 N–H and O–H groups in total. The number of carbonyl (C=O) groups is 1. The summed E-state index contributed by atoms with van der Waals surface area (Å²) >= 11 is 0. The minimum absolute atomic E-state index is 0.169. The highest BCUT2D eigenvalue weighted by atomic mass is 16.7. The van der Waals surface area contributed by atoms with E-state index < -0.39 is 49.5 Å². The number of nitrogens with one attached hydrogen (secondary N) is 1. The Kier molecular flexibility index (Phi) is 41.1. The number of unbranched alkanes of at least 4 members (excludes halogenated alkanes) is 13. The molecular formula is C56H93NO8. The first-order valence-electron chi connectivity index (χ1n) is 25.6. The van der Waals surface area contributed by atoms with Crippen LogP contribution in [0.1, 0.15) is 181 Å². The van der Waals surface area contributed by atoms with Gasteiger partial charge in [-0.2, -0.15) is 0 Å². The van der Waals surface area contributed by atoms with Crippen molar-refractivity contribution in [1.29, 1.82) is 0 Å². The van der Waals surface area contributed by atoms with E-state index in [1.807, 2.05) is 0 Å². The molecule has 0 aromatic carbocycles. The molecule has 1 fully saturated rings. The van der Waals surface area contributed by atoms with Crippen LogP contribution in [0, 0.1) is 0 Å². The van der Waals surface area contributed by atoms with Gasteiger partial charge in [-0.25, -0.2) is 0 Å². The maximum absolute atomic E-state index is 13.0. The molecule has 1 saturated heterocycles. The molecule has 1 aliphatic rings. The molecule has 1 rings (SSSR count). The van der Waals surface area contributed by atoms with Gasteiger partial charge in [0.05, 0.1) is 25.4 Å². The van der Waals surface area contributed by atoms with Crippen molar-refractivity contribution in [3.8, 4) is 0 Å². The van der Waals surface area contributed by atoms with E-state index in [1.54, 1.807) is 0 Å². The Hall–Kier alpha value is -3.15. The van der Waals surface area contributed by atoms with Gasteiger partial charge in [-0.05, 0) is 77.0 Å². The highest BCUT2D eigenvalue weighted by Crippen LogP contribution is 2.23. The average Bonchev–Trinajstić information content (AvgIpc) is 3.31. The molecule has 1 aliphatic heterocycles. The minimum atomic E-state index is -1.57. The average molecular weight is 908 g/mol. The number of aliphatic hydroxyl groups excluding tert-OH is 5. The first kappa shape index (κ1) is 59.9. The van der Waals surface area contributed by atoms with E-state index in [1.165, 1.54) is 64.2 Å². The summed E-state index contributed by atoms with van der Waals surface area (Å²) < 4.78 is 11.2. The molecule has 1 heterocycles. The van der Waals surface area contributed by atoms with E-state index in [2.05, 4.69) is 129 Å². The maximum Gasteiger partial charge on any atom is 0.220 e. The highest BCUT2D eigenvalue weighted by Gasteiger charge is 2.44. The Morgan fingerprint density at radius 2 is 0.938 bits per heavy atom. The molecule has 0 bridgehead atoms. The van der Waals surface area contributed by atoms with Gasteiger partial charge in [-0.3, -0.25) is 4.79 Å². The number of hydrogen-bond acceptors (Lipinski definition) is 8. The van der Waals surface area contributed by atoms with Gasteiger partial charge in [0.25, 0.3) is 0 Å². The van der Waals surface area contributed by atoms with Crippen LogP contribution >= 0.6 is 0 Å². The van der Waals surface area contributed by atoms with Crippen LogP contribution in [0.2, 0.25) is 0 Å². The molecule has 9 nitrogen and oxygen atoms in total. The number of aliphatic hydroxyl groups is 5. The van der Waals surface area contributed by atoms with Gasteiger partial charge < -0.3 is 40.3 Å². The molecule has 0 aliphatic carbocycles. The lowest BCUT2D eigenvalue weighted by Gasteiger charge is -2.40. The van der Waals surface area contributed by atoms with Gasteiger partial charge in [-0.1, -0.05) is 207 Å². The van der Waals surface area contributed by atoms with Crippen LogP contribution in [0.15, 0.2) is 109 Å². The predicted molar refractivity (Wildman–Crippen MR) is 271 cm³/mol. The van der Waals surface area contributed by atoms with Gasteiger partial charge in [0.15, 0.2) is 6.29 Å². The maximum atomic E-state index is 13.0. The van der Waals surface area contributed by atoms with Crippen molar-refractivity contribution in [2.45, 2.75) is 224 Å². The number of amides is 1. The van der Waals surface area contributed by atoms with Crippen LogP contribution < -0.4 is 5.32 Å². The van der Waals surface area contributed by atoms with Gasteiger partial charge in [0.2, 0.25) is 5.91 Å². The van der Waals surface area contributed by atoms with E-state index in [-0.39, 0.29) is 18.9 Å². The summed E-state index contributed by atoms with van der Waals surface area (Å²) in [6, 6.07) is -0.757. The molecule has 7 unspecified atom stereocenters. The Morgan fingerprint density at radius 3 is 1.35 bits per heavy atom. The number of rotatable bonds is 41. The minimum Gasteiger partial charge on any atom is -0.394 e. The van der Waals surface area contributed by atoms with E-state index in [4.69, 9.17) is 9.47 Å². The molecule has 0 saturated carbocycles. The third-order valence-corrected chi connectivity index (χ3v) is 11.4. The molecule has 0 spiro atoms. The summed E-state index contributed by atoms with van der Waals surface area (Å²) in [4.78, 5) is 13.0. The fourth-order valence-corrected chi connectivity index (χ4v) is 7.34. The predicted octanol–water partition coefficient (Wildman–Crippen LogP) is 11.8. The van der Waals surface area contributed by atoms with Crippen LogP contribution in [0.3, 0.4) is 0 Å². The SMILES string of the molecule is CC/C=C\C/C=C\C/C=C\C/C=C\C/C=C\C/C=C\C/C=C\C/C=C\C/C=C\CCCC(=O)NC(COC1OC(CO)C(O)C(O)C1O)C(O)CCCCCCCCCCCCCCC. The summed E-state index contributed by atoms with van der Waals surface area (Å²) in [6.07, 6.45) is 58.2. The second-order valence-corrected chi connectivity index (χ2v) is 17.2. The van der Waals surface area contributed by atoms with Crippen molar-refractivity contribution in [1.82, 2.24) is 5.32 Å². The zero-order chi connectivity index (χ0) is 47.3. The van der Waals surface area contributed by atoms with Crippen LogP contribution in [-0.4, -0.2) is 87.5 Å². The standard InChI is InChI=1S/C56H93NO8/c1-3-5-7-9-11-13-15-17-18-19-20-21-22-23-24-25-26-27-28-29-30-31-32-34-36-38-40-42-44-46-52(60)57-49(48-64-56-55(63)54(62)53(61)51(47-58)65-56)50(59)45-43-41-39-37-35-33-16-14-12-10-8-6-4-2/h5,7,11,13,17-18,20-21,23-24,26-27,29-30,32,34,38,40,49-51,53-56,58-59,61-63H,3-4,6,8-10,12,14-16,19,22,25,28,31,33,35-37,39,41-48H2,1-2H3,(H,57,60)/b7-5-,13-11-,18-17-,21-20-,24-23-,27-26-,30-29-,34-32-,40-38-. The summed E-state index contributed by atoms with van der Waals surface area (Å²) in [5.41, 5.74) is 0.